The minimum atomic E-state index is -0.979. The summed E-state index contributed by atoms with van der Waals surface area (Å²) < 4.78 is 15.8. The molecular weight excluding hydrogens is 326 g/mol. The quantitative estimate of drug-likeness (QED) is 0.670. The van der Waals surface area contributed by atoms with Crippen molar-refractivity contribution >= 4 is 11.9 Å². The highest BCUT2D eigenvalue weighted by molar-refractivity contribution is 5.83. The van der Waals surface area contributed by atoms with E-state index in [0.717, 1.165) is 18.4 Å². The number of methoxy groups -OCH3 is 3. The second-order valence-corrected chi connectivity index (χ2v) is 6.17. The number of hydrogen-bond acceptors (Lipinski definition) is 5. The van der Waals surface area contributed by atoms with E-state index >= 15 is 0 Å². The molecule has 7 heteroatoms. The van der Waals surface area contributed by atoms with Gasteiger partial charge in [0.15, 0.2) is 11.5 Å². The molecule has 0 bridgehead atoms. The minimum absolute atomic E-state index is 0.188. The van der Waals surface area contributed by atoms with Crippen LogP contribution in [0, 0.1) is 5.92 Å². The van der Waals surface area contributed by atoms with Crippen molar-refractivity contribution in [3.05, 3.63) is 17.7 Å². The highest BCUT2D eigenvalue weighted by Gasteiger charge is 2.30. The highest BCUT2D eigenvalue weighted by Crippen LogP contribution is 2.38. The number of carboxylic acid groups (broad SMARTS) is 1. The smallest absolute Gasteiger partial charge is 0.326 e. The third kappa shape index (κ3) is 5.27. The van der Waals surface area contributed by atoms with E-state index in [9.17, 15) is 14.7 Å². The van der Waals surface area contributed by atoms with Crippen molar-refractivity contribution in [1.29, 1.82) is 0 Å². The van der Waals surface area contributed by atoms with Gasteiger partial charge in [-0.1, -0.05) is 12.8 Å². The number of nitrogens with one attached hydrogen (secondary N) is 1. The van der Waals surface area contributed by atoms with Crippen LogP contribution in [-0.4, -0.2) is 44.4 Å². The monoisotopic (exact) mass is 351 g/mol. The summed E-state index contributed by atoms with van der Waals surface area (Å²) in [5, 5.41) is 11.8. The van der Waals surface area contributed by atoms with Crippen LogP contribution in [0.25, 0.3) is 0 Å². The van der Waals surface area contributed by atoms with E-state index in [4.69, 9.17) is 14.2 Å². The fourth-order valence-corrected chi connectivity index (χ4v) is 2.71. The lowest BCUT2D eigenvalue weighted by molar-refractivity contribution is -0.142. The fraction of sp³-hybridized carbons (Fsp3) is 0.556. The van der Waals surface area contributed by atoms with Gasteiger partial charge in [0.25, 0.3) is 0 Å². The summed E-state index contributed by atoms with van der Waals surface area (Å²) in [6.07, 6.45) is 3.23. The summed E-state index contributed by atoms with van der Waals surface area (Å²) in [5.41, 5.74) is 0.846. The molecule has 0 heterocycles. The summed E-state index contributed by atoms with van der Waals surface area (Å²) >= 11 is 0. The molecule has 1 fully saturated rings. The SMILES string of the molecule is COc1cc(CCC(=O)NC(CC2CC2)C(=O)O)cc(OC)c1OC. The van der Waals surface area contributed by atoms with E-state index in [1.54, 1.807) is 12.1 Å². The molecule has 1 saturated carbocycles. The van der Waals surface area contributed by atoms with E-state index in [0.29, 0.717) is 36.0 Å². The Balaban J connectivity index is 1.97. The number of benzene rings is 1. The van der Waals surface area contributed by atoms with Gasteiger partial charge in [0.05, 0.1) is 21.3 Å². The van der Waals surface area contributed by atoms with Gasteiger partial charge >= 0.3 is 5.97 Å². The molecule has 1 aliphatic carbocycles. The zero-order chi connectivity index (χ0) is 18.4. The highest BCUT2D eigenvalue weighted by atomic mass is 16.5. The molecule has 2 rings (SSSR count). The number of carbonyl (C=O) groups excluding carboxylic acids is 1. The molecule has 1 amide bonds. The molecule has 0 saturated heterocycles. The number of carbonyl (C=O) groups is 2. The van der Waals surface area contributed by atoms with Crippen molar-refractivity contribution < 1.29 is 28.9 Å². The second kappa shape index (κ2) is 8.60. The predicted molar refractivity (Wildman–Crippen MR) is 91.3 cm³/mol. The van der Waals surface area contributed by atoms with Crippen molar-refractivity contribution in [1.82, 2.24) is 5.32 Å². The molecule has 0 spiro atoms. The summed E-state index contributed by atoms with van der Waals surface area (Å²) in [7, 11) is 4.59. The number of aliphatic carboxylic acids is 1. The van der Waals surface area contributed by atoms with E-state index in [-0.39, 0.29) is 12.3 Å². The molecule has 2 N–H and O–H groups in total. The molecule has 25 heavy (non-hydrogen) atoms. The average molecular weight is 351 g/mol. The average Bonchev–Trinajstić information content (AvgIpc) is 3.42. The van der Waals surface area contributed by atoms with Gasteiger partial charge in [-0.05, 0) is 36.5 Å². The summed E-state index contributed by atoms with van der Waals surface area (Å²) in [4.78, 5) is 23.4. The lowest BCUT2D eigenvalue weighted by Gasteiger charge is -2.15. The van der Waals surface area contributed by atoms with Gasteiger partial charge in [0, 0.05) is 6.42 Å². The Bertz CT molecular complexity index is 601. The van der Waals surface area contributed by atoms with Crippen molar-refractivity contribution in [3.8, 4) is 17.2 Å². The lowest BCUT2D eigenvalue weighted by atomic mass is 10.1. The first-order valence-electron chi connectivity index (χ1n) is 8.29. The van der Waals surface area contributed by atoms with Crippen LogP contribution in [0.3, 0.4) is 0 Å². The van der Waals surface area contributed by atoms with Crippen LogP contribution in [0.5, 0.6) is 17.2 Å². The van der Waals surface area contributed by atoms with E-state index in [1.807, 2.05) is 0 Å². The maximum atomic E-state index is 12.1. The second-order valence-electron chi connectivity index (χ2n) is 6.17. The van der Waals surface area contributed by atoms with Crippen LogP contribution in [-0.2, 0) is 16.0 Å². The van der Waals surface area contributed by atoms with Crippen LogP contribution in [0.15, 0.2) is 12.1 Å². The molecule has 0 radical (unpaired) electrons. The third-order valence-corrected chi connectivity index (χ3v) is 4.26. The Morgan fingerprint density at radius 2 is 1.76 bits per heavy atom. The van der Waals surface area contributed by atoms with Crippen LogP contribution < -0.4 is 19.5 Å². The number of carboxylic acids is 1. The summed E-state index contributed by atoms with van der Waals surface area (Å²) in [5.74, 6) is 0.712. The van der Waals surface area contributed by atoms with Crippen molar-refractivity contribution in [3.63, 3.8) is 0 Å². The van der Waals surface area contributed by atoms with Crippen molar-refractivity contribution in [2.24, 2.45) is 5.92 Å². The Morgan fingerprint density at radius 1 is 1.16 bits per heavy atom. The Labute approximate surface area is 147 Å². The Hall–Kier alpha value is -2.44. The molecule has 1 aromatic carbocycles. The molecule has 138 valence electrons. The number of aryl methyl sites for hydroxylation is 1. The largest absolute Gasteiger partial charge is 0.493 e. The zero-order valence-corrected chi connectivity index (χ0v) is 14.8. The van der Waals surface area contributed by atoms with E-state index < -0.39 is 12.0 Å². The number of hydrogen-bond donors (Lipinski definition) is 2. The lowest BCUT2D eigenvalue weighted by Crippen LogP contribution is -2.41. The van der Waals surface area contributed by atoms with Gasteiger partial charge in [-0.3, -0.25) is 4.79 Å². The first kappa shape index (κ1) is 18.9. The predicted octanol–water partition coefficient (Wildman–Crippen LogP) is 2.01. The molecule has 1 atom stereocenters. The fourth-order valence-electron chi connectivity index (χ4n) is 2.71. The molecule has 0 aliphatic heterocycles. The van der Waals surface area contributed by atoms with E-state index in [2.05, 4.69) is 5.32 Å². The summed E-state index contributed by atoms with van der Waals surface area (Å²) in [6.45, 7) is 0. The topological polar surface area (TPSA) is 94.1 Å². The van der Waals surface area contributed by atoms with Gasteiger partial charge in [-0.15, -0.1) is 0 Å². The molecule has 1 aromatic rings. The normalized spacial score (nSPS) is 14.5. The van der Waals surface area contributed by atoms with Gasteiger partial charge in [0.2, 0.25) is 11.7 Å². The molecule has 1 aliphatic rings. The third-order valence-electron chi connectivity index (χ3n) is 4.26. The van der Waals surface area contributed by atoms with Crippen molar-refractivity contribution in [2.75, 3.05) is 21.3 Å². The molecular formula is C18H25NO6. The van der Waals surface area contributed by atoms with Gasteiger partial charge < -0.3 is 24.6 Å². The number of ether oxygens (including phenoxy) is 3. The first-order chi connectivity index (χ1) is 12.0. The zero-order valence-electron chi connectivity index (χ0n) is 14.8. The van der Waals surface area contributed by atoms with Gasteiger partial charge in [-0.25, -0.2) is 4.79 Å². The summed E-state index contributed by atoms with van der Waals surface area (Å²) in [6, 6.07) is 2.76. The minimum Gasteiger partial charge on any atom is -0.493 e. The molecule has 1 unspecified atom stereocenters. The Kier molecular flexibility index (Phi) is 6.50. The van der Waals surface area contributed by atoms with Crippen LogP contribution >= 0.6 is 0 Å². The van der Waals surface area contributed by atoms with Crippen LogP contribution in [0.2, 0.25) is 0 Å². The number of rotatable bonds is 10. The van der Waals surface area contributed by atoms with Crippen LogP contribution in [0.4, 0.5) is 0 Å². The Morgan fingerprint density at radius 3 is 2.20 bits per heavy atom. The number of amides is 1. The van der Waals surface area contributed by atoms with Crippen LogP contribution in [0.1, 0.15) is 31.2 Å². The van der Waals surface area contributed by atoms with Gasteiger partial charge in [-0.2, -0.15) is 0 Å². The van der Waals surface area contributed by atoms with Crippen molar-refractivity contribution in [2.45, 2.75) is 38.1 Å². The van der Waals surface area contributed by atoms with Gasteiger partial charge in [0.1, 0.15) is 6.04 Å². The standard InChI is InChI=1S/C18H25NO6/c1-23-14-9-12(10-15(24-2)17(14)25-3)6-7-16(20)19-13(18(21)22)8-11-4-5-11/h9-11,13H,4-8H2,1-3H3,(H,19,20)(H,21,22). The molecule has 7 nitrogen and oxygen atoms in total. The first-order valence-corrected chi connectivity index (χ1v) is 8.29. The molecule has 0 aromatic heterocycles. The van der Waals surface area contributed by atoms with E-state index in [1.165, 1.54) is 21.3 Å². The maximum absolute atomic E-state index is 12.1. The maximum Gasteiger partial charge on any atom is 0.326 e.